The monoisotopic (exact) mass is 196 g/mol. The molecule has 1 aromatic rings. The van der Waals surface area contributed by atoms with E-state index in [9.17, 15) is 14.5 Å². The SMILES string of the molecule is NC1CCc2c1ccc(F)c2[N+](=O)[O-]. The van der Waals surface area contributed by atoms with Gasteiger partial charge in [0, 0.05) is 11.6 Å². The number of nitro groups is 1. The molecule has 0 saturated heterocycles. The number of benzene rings is 1. The first-order valence-electron chi connectivity index (χ1n) is 4.32. The van der Waals surface area contributed by atoms with Gasteiger partial charge in [-0.1, -0.05) is 6.07 Å². The van der Waals surface area contributed by atoms with E-state index in [2.05, 4.69) is 0 Å². The van der Waals surface area contributed by atoms with Gasteiger partial charge in [0.2, 0.25) is 5.82 Å². The van der Waals surface area contributed by atoms with Crippen LogP contribution in [0.1, 0.15) is 23.6 Å². The van der Waals surface area contributed by atoms with Crippen LogP contribution in [0.25, 0.3) is 0 Å². The van der Waals surface area contributed by atoms with Gasteiger partial charge < -0.3 is 5.73 Å². The molecule has 0 radical (unpaired) electrons. The zero-order valence-corrected chi connectivity index (χ0v) is 7.37. The normalized spacial score (nSPS) is 19.4. The Morgan fingerprint density at radius 2 is 2.29 bits per heavy atom. The summed E-state index contributed by atoms with van der Waals surface area (Å²) in [5.41, 5.74) is 6.48. The smallest absolute Gasteiger partial charge is 0.308 e. The quantitative estimate of drug-likeness (QED) is 0.548. The standard InChI is InChI=1S/C9H9FN2O2/c10-7-3-1-5-6(2-4-8(5)11)9(7)12(13)14/h1,3,8H,2,4,11H2. The molecular weight excluding hydrogens is 187 g/mol. The first-order chi connectivity index (χ1) is 6.61. The average Bonchev–Trinajstić information content (AvgIpc) is 2.47. The maximum Gasteiger partial charge on any atom is 0.308 e. The number of fused-ring (bicyclic) bond motifs is 1. The van der Waals surface area contributed by atoms with Crippen LogP contribution in [0, 0.1) is 15.9 Å². The largest absolute Gasteiger partial charge is 0.324 e. The van der Waals surface area contributed by atoms with Gasteiger partial charge in [-0.05, 0) is 24.5 Å². The molecule has 1 atom stereocenters. The van der Waals surface area contributed by atoms with E-state index in [0.29, 0.717) is 24.0 Å². The number of nitrogens with two attached hydrogens (primary N) is 1. The lowest BCUT2D eigenvalue weighted by Crippen LogP contribution is -2.06. The Kier molecular flexibility index (Phi) is 1.96. The Morgan fingerprint density at radius 3 is 2.93 bits per heavy atom. The van der Waals surface area contributed by atoms with Crippen LogP contribution in [0.15, 0.2) is 12.1 Å². The highest BCUT2D eigenvalue weighted by atomic mass is 19.1. The highest BCUT2D eigenvalue weighted by Crippen LogP contribution is 2.36. The molecule has 1 aliphatic rings. The van der Waals surface area contributed by atoms with E-state index in [1.54, 1.807) is 0 Å². The van der Waals surface area contributed by atoms with Gasteiger partial charge in [0.1, 0.15) is 0 Å². The van der Waals surface area contributed by atoms with Gasteiger partial charge in [-0.25, -0.2) is 0 Å². The van der Waals surface area contributed by atoms with Crippen molar-refractivity contribution < 1.29 is 9.31 Å². The Morgan fingerprint density at radius 1 is 1.57 bits per heavy atom. The lowest BCUT2D eigenvalue weighted by atomic mass is 10.1. The molecule has 74 valence electrons. The summed E-state index contributed by atoms with van der Waals surface area (Å²) in [5.74, 6) is -0.775. The van der Waals surface area contributed by atoms with E-state index < -0.39 is 16.4 Å². The maximum absolute atomic E-state index is 13.1. The summed E-state index contributed by atoms with van der Waals surface area (Å²) in [7, 11) is 0. The molecule has 4 nitrogen and oxygen atoms in total. The molecule has 0 heterocycles. The van der Waals surface area contributed by atoms with Crippen molar-refractivity contribution in [3.63, 3.8) is 0 Å². The number of rotatable bonds is 1. The summed E-state index contributed by atoms with van der Waals surface area (Å²) in [4.78, 5) is 9.94. The van der Waals surface area contributed by atoms with Crippen LogP contribution in [0.5, 0.6) is 0 Å². The molecule has 14 heavy (non-hydrogen) atoms. The molecule has 0 bridgehead atoms. The fourth-order valence-corrected chi connectivity index (χ4v) is 1.89. The lowest BCUT2D eigenvalue weighted by molar-refractivity contribution is -0.388. The third kappa shape index (κ3) is 1.17. The van der Waals surface area contributed by atoms with Crippen LogP contribution < -0.4 is 5.73 Å². The first-order valence-corrected chi connectivity index (χ1v) is 4.32. The number of nitro benzene ring substituents is 1. The van der Waals surface area contributed by atoms with Crippen LogP contribution >= 0.6 is 0 Å². The van der Waals surface area contributed by atoms with Gasteiger partial charge >= 0.3 is 5.69 Å². The molecule has 1 aliphatic carbocycles. The zero-order chi connectivity index (χ0) is 10.3. The number of hydrogen-bond donors (Lipinski definition) is 1. The fraction of sp³-hybridized carbons (Fsp3) is 0.333. The summed E-state index contributed by atoms with van der Waals surface area (Å²) < 4.78 is 13.1. The minimum Gasteiger partial charge on any atom is -0.324 e. The summed E-state index contributed by atoms with van der Waals surface area (Å²) in [6.07, 6.45) is 1.14. The Bertz CT molecular complexity index is 406. The van der Waals surface area contributed by atoms with Crippen molar-refractivity contribution in [3.05, 3.63) is 39.2 Å². The van der Waals surface area contributed by atoms with Crippen molar-refractivity contribution in [1.29, 1.82) is 0 Å². The zero-order valence-electron chi connectivity index (χ0n) is 7.37. The molecule has 1 aromatic carbocycles. The van der Waals surface area contributed by atoms with Crippen molar-refractivity contribution in [2.24, 2.45) is 5.73 Å². The second-order valence-electron chi connectivity index (χ2n) is 3.37. The summed E-state index contributed by atoms with van der Waals surface area (Å²) in [6, 6.07) is 2.46. The Balaban J connectivity index is 2.65. The van der Waals surface area contributed by atoms with Crippen molar-refractivity contribution in [1.82, 2.24) is 0 Å². The molecule has 0 fully saturated rings. The van der Waals surface area contributed by atoms with E-state index in [1.807, 2.05) is 0 Å². The van der Waals surface area contributed by atoms with Gasteiger partial charge in [-0.3, -0.25) is 10.1 Å². The Labute approximate surface area is 79.7 Å². The minimum atomic E-state index is -0.775. The lowest BCUT2D eigenvalue weighted by Gasteiger charge is -2.04. The maximum atomic E-state index is 13.1. The molecule has 0 aliphatic heterocycles. The van der Waals surface area contributed by atoms with Crippen molar-refractivity contribution in [2.45, 2.75) is 18.9 Å². The molecule has 0 amide bonds. The number of hydrogen-bond acceptors (Lipinski definition) is 3. The minimum absolute atomic E-state index is 0.190. The van der Waals surface area contributed by atoms with E-state index in [0.717, 1.165) is 6.07 Å². The molecule has 5 heteroatoms. The van der Waals surface area contributed by atoms with Crippen LogP contribution in [-0.2, 0) is 6.42 Å². The van der Waals surface area contributed by atoms with E-state index in [1.165, 1.54) is 6.07 Å². The highest BCUT2D eigenvalue weighted by molar-refractivity contribution is 5.50. The second-order valence-corrected chi connectivity index (χ2v) is 3.37. The molecule has 0 saturated carbocycles. The van der Waals surface area contributed by atoms with Crippen LogP contribution in [-0.4, -0.2) is 4.92 Å². The molecular formula is C9H9FN2O2. The third-order valence-corrected chi connectivity index (χ3v) is 2.56. The topological polar surface area (TPSA) is 69.2 Å². The van der Waals surface area contributed by atoms with Gasteiger partial charge in [0.15, 0.2) is 0 Å². The van der Waals surface area contributed by atoms with Gasteiger partial charge in [-0.15, -0.1) is 0 Å². The molecule has 0 aromatic heterocycles. The Hall–Kier alpha value is -1.49. The predicted molar refractivity (Wildman–Crippen MR) is 48.3 cm³/mol. The molecule has 2 N–H and O–H groups in total. The summed E-state index contributed by atoms with van der Waals surface area (Å²) >= 11 is 0. The van der Waals surface area contributed by atoms with Gasteiger partial charge in [0.05, 0.1) is 4.92 Å². The van der Waals surface area contributed by atoms with Gasteiger partial charge in [0.25, 0.3) is 0 Å². The molecule has 0 spiro atoms. The number of halogens is 1. The fourth-order valence-electron chi connectivity index (χ4n) is 1.89. The van der Waals surface area contributed by atoms with E-state index in [-0.39, 0.29) is 6.04 Å². The first kappa shape index (κ1) is 9.08. The van der Waals surface area contributed by atoms with Crippen LogP contribution in [0.4, 0.5) is 10.1 Å². The third-order valence-electron chi connectivity index (χ3n) is 2.56. The van der Waals surface area contributed by atoms with Crippen molar-refractivity contribution >= 4 is 5.69 Å². The van der Waals surface area contributed by atoms with Gasteiger partial charge in [-0.2, -0.15) is 4.39 Å². The van der Waals surface area contributed by atoms with E-state index in [4.69, 9.17) is 5.73 Å². The number of nitrogens with zero attached hydrogens (tertiary/aromatic N) is 1. The molecule has 2 rings (SSSR count). The highest BCUT2D eigenvalue weighted by Gasteiger charge is 2.29. The van der Waals surface area contributed by atoms with Crippen molar-refractivity contribution in [3.8, 4) is 0 Å². The van der Waals surface area contributed by atoms with Crippen LogP contribution in [0.3, 0.4) is 0 Å². The average molecular weight is 196 g/mol. The van der Waals surface area contributed by atoms with Crippen LogP contribution in [0.2, 0.25) is 0 Å². The second kappa shape index (κ2) is 3.02. The van der Waals surface area contributed by atoms with E-state index >= 15 is 0 Å². The summed E-state index contributed by atoms with van der Waals surface area (Å²) in [6.45, 7) is 0. The predicted octanol–water partition coefficient (Wildman–Crippen LogP) is 1.68. The molecule has 1 unspecified atom stereocenters. The summed E-state index contributed by atoms with van der Waals surface area (Å²) in [5, 5.41) is 10.6. The van der Waals surface area contributed by atoms with Crippen molar-refractivity contribution in [2.75, 3.05) is 0 Å².